The van der Waals surface area contributed by atoms with Crippen molar-refractivity contribution in [3.63, 3.8) is 0 Å². The molecule has 3 aromatic carbocycles. The normalized spacial score (nSPS) is 12.3. The molecular formula is C23H20O. The minimum absolute atomic E-state index is 0.328. The zero-order valence-corrected chi connectivity index (χ0v) is 13.7. The fourth-order valence-corrected chi connectivity index (χ4v) is 3.02. The Morgan fingerprint density at radius 1 is 0.708 bits per heavy atom. The number of benzene rings is 3. The molecule has 3 rings (SSSR count). The van der Waals surface area contributed by atoms with Gasteiger partial charge in [0.1, 0.15) is 11.7 Å². The van der Waals surface area contributed by atoms with Crippen molar-refractivity contribution in [2.24, 2.45) is 0 Å². The van der Waals surface area contributed by atoms with Gasteiger partial charge in [-0.05, 0) is 23.6 Å². The second kappa shape index (κ2) is 7.17. The lowest BCUT2D eigenvalue weighted by Crippen LogP contribution is -2.35. The maximum absolute atomic E-state index is 6.51. The number of hydrogen-bond donors (Lipinski definition) is 0. The van der Waals surface area contributed by atoms with E-state index in [2.05, 4.69) is 42.3 Å². The molecule has 0 spiro atoms. The lowest BCUT2D eigenvalue weighted by molar-refractivity contribution is -0.0113. The third kappa shape index (κ3) is 2.97. The molecule has 0 saturated heterocycles. The Labute approximate surface area is 143 Å². The lowest BCUT2D eigenvalue weighted by Gasteiger charge is -2.37. The van der Waals surface area contributed by atoms with E-state index < -0.39 is 5.60 Å². The summed E-state index contributed by atoms with van der Waals surface area (Å²) >= 11 is 0. The lowest BCUT2D eigenvalue weighted by atomic mass is 9.80. The Bertz CT molecular complexity index is 704. The van der Waals surface area contributed by atoms with Crippen molar-refractivity contribution < 1.29 is 4.74 Å². The van der Waals surface area contributed by atoms with Crippen molar-refractivity contribution in [3.8, 4) is 12.3 Å². The van der Waals surface area contributed by atoms with Gasteiger partial charge in [0.25, 0.3) is 0 Å². The van der Waals surface area contributed by atoms with Gasteiger partial charge in [0.2, 0.25) is 0 Å². The molecule has 0 aliphatic heterocycles. The summed E-state index contributed by atoms with van der Waals surface area (Å²) in [5.41, 5.74) is 2.44. The molecule has 0 heterocycles. The van der Waals surface area contributed by atoms with Gasteiger partial charge in [-0.25, -0.2) is 0 Å². The molecule has 3 aromatic rings. The van der Waals surface area contributed by atoms with Gasteiger partial charge < -0.3 is 4.74 Å². The molecule has 0 aliphatic rings. The Morgan fingerprint density at radius 3 is 1.33 bits per heavy atom. The molecule has 0 N–H and O–H groups in total. The first-order valence-electron chi connectivity index (χ1n) is 8.08. The van der Waals surface area contributed by atoms with Crippen LogP contribution in [0, 0.1) is 12.3 Å². The van der Waals surface area contributed by atoms with Crippen molar-refractivity contribution in [2.75, 3.05) is 0 Å². The summed E-state index contributed by atoms with van der Waals surface area (Å²) in [6.07, 6.45) is 5.31. The van der Waals surface area contributed by atoms with Crippen molar-refractivity contribution >= 4 is 0 Å². The summed E-state index contributed by atoms with van der Waals surface area (Å²) in [6.45, 7) is 1.91. The molecule has 1 atom stereocenters. The van der Waals surface area contributed by atoms with Gasteiger partial charge in [-0.3, -0.25) is 0 Å². The summed E-state index contributed by atoms with van der Waals surface area (Å²) < 4.78 is 6.51. The van der Waals surface area contributed by atoms with Crippen LogP contribution in [0.15, 0.2) is 91.0 Å². The van der Waals surface area contributed by atoms with Gasteiger partial charge >= 0.3 is 0 Å². The standard InChI is InChI=1S/C23H20O/c1-3-19(2)24-23(20-13-7-4-8-14-20,21-15-9-5-10-16-21)22-17-11-6-12-18-22/h1,4-19H,2H3/t19-/m0/s1. The molecule has 0 saturated carbocycles. The molecule has 0 fully saturated rings. The van der Waals surface area contributed by atoms with Gasteiger partial charge in [0.15, 0.2) is 0 Å². The maximum Gasteiger partial charge on any atom is 0.145 e. The highest BCUT2D eigenvalue weighted by Gasteiger charge is 2.38. The topological polar surface area (TPSA) is 9.23 Å². The first-order chi connectivity index (χ1) is 11.8. The van der Waals surface area contributed by atoms with E-state index in [1.807, 2.05) is 61.5 Å². The molecule has 0 radical (unpaired) electrons. The van der Waals surface area contributed by atoms with E-state index in [0.717, 1.165) is 16.7 Å². The van der Waals surface area contributed by atoms with Crippen LogP contribution in [0.1, 0.15) is 23.6 Å². The first-order valence-corrected chi connectivity index (χ1v) is 8.08. The van der Waals surface area contributed by atoms with Crippen molar-refractivity contribution in [1.29, 1.82) is 0 Å². The third-order valence-electron chi connectivity index (χ3n) is 4.13. The molecule has 1 nitrogen and oxygen atoms in total. The highest BCUT2D eigenvalue weighted by molar-refractivity contribution is 5.47. The summed E-state index contributed by atoms with van der Waals surface area (Å²) in [4.78, 5) is 0. The van der Waals surface area contributed by atoms with Crippen LogP contribution in [0.4, 0.5) is 0 Å². The molecule has 0 bridgehead atoms. The van der Waals surface area contributed by atoms with E-state index in [1.165, 1.54) is 0 Å². The fraction of sp³-hybridized carbons (Fsp3) is 0.130. The van der Waals surface area contributed by atoms with E-state index in [1.54, 1.807) is 0 Å². The molecule has 0 amide bonds. The molecule has 0 aromatic heterocycles. The van der Waals surface area contributed by atoms with Gasteiger partial charge in [0.05, 0.1) is 0 Å². The van der Waals surface area contributed by atoms with E-state index >= 15 is 0 Å². The summed E-state index contributed by atoms with van der Waals surface area (Å²) in [5, 5.41) is 0. The second-order valence-electron chi connectivity index (χ2n) is 5.71. The Balaban J connectivity index is 2.31. The maximum atomic E-state index is 6.51. The number of terminal acetylenes is 1. The quantitative estimate of drug-likeness (QED) is 0.475. The largest absolute Gasteiger partial charge is 0.345 e. The highest BCUT2D eigenvalue weighted by Crippen LogP contribution is 2.41. The van der Waals surface area contributed by atoms with Crippen LogP contribution in [0.3, 0.4) is 0 Å². The molecule has 24 heavy (non-hydrogen) atoms. The predicted octanol–water partition coefficient (Wildman–Crippen LogP) is 5.02. The number of rotatable bonds is 5. The molecule has 118 valence electrons. The van der Waals surface area contributed by atoms with Gasteiger partial charge in [-0.1, -0.05) is 96.9 Å². The number of hydrogen-bond acceptors (Lipinski definition) is 1. The zero-order chi connectivity index (χ0) is 16.8. The number of ether oxygens (including phenoxy) is 1. The Hall–Kier alpha value is -2.82. The van der Waals surface area contributed by atoms with Crippen LogP contribution in [0.2, 0.25) is 0 Å². The molecule has 0 unspecified atom stereocenters. The average Bonchev–Trinajstić information content (AvgIpc) is 2.68. The summed E-state index contributed by atoms with van der Waals surface area (Å²) in [6, 6.07) is 30.7. The third-order valence-corrected chi connectivity index (χ3v) is 4.13. The summed E-state index contributed by atoms with van der Waals surface area (Å²) in [7, 11) is 0. The van der Waals surface area contributed by atoms with Gasteiger partial charge in [-0.2, -0.15) is 0 Å². The summed E-state index contributed by atoms with van der Waals surface area (Å²) in [5.74, 6) is 2.71. The molecule has 0 aliphatic carbocycles. The molecule has 1 heteroatoms. The highest BCUT2D eigenvalue weighted by atomic mass is 16.5. The van der Waals surface area contributed by atoms with E-state index in [4.69, 9.17) is 11.2 Å². The van der Waals surface area contributed by atoms with Crippen LogP contribution in [0.25, 0.3) is 0 Å². The van der Waals surface area contributed by atoms with Crippen molar-refractivity contribution in [2.45, 2.75) is 18.6 Å². The zero-order valence-electron chi connectivity index (χ0n) is 13.7. The van der Waals surface area contributed by atoms with Crippen molar-refractivity contribution in [1.82, 2.24) is 0 Å². The van der Waals surface area contributed by atoms with Crippen molar-refractivity contribution in [3.05, 3.63) is 108 Å². The van der Waals surface area contributed by atoms with Gasteiger partial charge in [0, 0.05) is 0 Å². The SMILES string of the molecule is C#C[C@H](C)OC(c1ccccc1)(c1ccccc1)c1ccccc1. The fourth-order valence-electron chi connectivity index (χ4n) is 3.02. The first kappa shape index (κ1) is 16.1. The minimum atomic E-state index is -0.741. The monoisotopic (exact) mass is 312 g/mol. The van der Waals surface area contributed by atoms with Crippen LogP contribution >= 0.6 is 0 Å². The second-order valence-corrected chi connectivity index (χ2v) is 5.71. The smallest absolute Gasteiger partial charge is 0.145 e. The minimum Gasteiger partial charge on any atom is -0.345 e. The van der Waals surface area contributed by atoms with E-state index in [-0.39, 0.29) is 6.10 Å². The van der Waals surface area contributed by atoms with Gasteiger partial charge in [-0.15, -0.1) is 6.42 Å². The van der Waals surface area contributed by atoms with Crippen LogP contribution in [-0.2, 0) is 10.3 Å². The van der Waals surface area contributed by atoms with Crippen LogP contribution in [-0.4, -0.2) is 6.10 Å². The molecular weight excluding hydrogens is 292 g/mol. The Morgan fingerprint density at radius 2 is 1.04 bits per heavy atom. The van der Waals surface area contributed by atoms with Crippen LogP contribution in [0.5, 0.6) is 0 Å². The average molecular weight is 312 g/mol. The Kier molecular flexibility index (Phi) is 4.79. The predicted molar refractivity (Wildman–Crippen MR) is 98.6 cm³/mol. The van der Waals surface area contributed by atoms with E-state index in [0.29, 0.717) is 0 Å². The van der Waals surface area contributed by atoms with E-state index in [9.17, 15) is 0 Å². The van der Waals surface area contributed by atoms with Crippen LogP contribution < -0.4 is 0 Å².